The number of nitrogens with one attached hydrogen (secondary N) is 1. The number of rotatable bonds is 7. The van der Waals surface area contributed by atoms with Gasteiger partial charge in [0.25, 0.3) is 5.91 Å². The van der Waals surface area contributed by atoms with E-state index in [2.05, 4.69) is 27.9 Å². The molecule has 0 heterocycles. The van der Waals surface area contributed by atoms with Gasteiger partial charge in [0, 0.05) is 15.7 Å². The Hall–Kier alpha value is -1.60. The molecule has 4 nitrogen and oxygen atoms in total. The van der Waals surface area contributed by atoms with Crippen LogP contribution < -0.4 is 10.1 Å². The lowest BCUT2D eigenvalue weighted by Crippen LogP contribution is -2.14. The van der Waals surface area contributed by atoms with Crippen LogP contribution in [0.1, 0.15) is 17.3 Å². The third kappa shape index (κ3) is 4.99. The minimum absolute atomic E-state index is 0.153. The fourth-order valence-electron chi connectivity index (χ4n) is 1.87. The van der Waals surface area contributed by atoms with E-state index in [1.54, 1.807) is 6.07 Å². The lowest BCUT2D eigenvalue weighted by Gasteiger charge is -2.12. The molecule has 0 radical (unpaired) electrons. The first kappa shape index (κ1) is 16.8. The molecule has 2 aromatic rings. The summed E-state index contributed by atoms with van der Waals surface area (Å²) in [6.45, 7) is 3.57. The van der Waals surface area contributed by atoms with Gasteiger partial charge in [-0.3, -0.25) is 4.79 Å². The van der Waals surface area contributed by atoms with Gasteiger partial charge in [0.05, 0.1) is 12.3 Å². The van der Waals surface area contributed by atoms with Crippen molar-refractivity contribution in [3.05, 3.63) is 57.7 Å². The standard InChI is InChI=1S/C17H18INO3/c1-2-21-10-11-22-16-9-4-3-8-15(16)19-17(20)13-6-5-7-14(18)12-13/h3-9,12H,2,10-11H2,1H3,(H,19,20). The second-order valence-corrected chi connectivity index (χ2v) is 5.75. The number of hydrogen-bond donors (Lipinski definition) is 1. The van der Waals surface area contributed by atoms with E-state index in [4.69, 9.17) is 9.47 Å². The first-order chi connectivity index (χ1) is 10.7. The van der Waals surface area contributed by atoms with Crippen molar-refractivity contribution in [2.75, 3.05) is 25.1 Å². The van der Waals surface area contributed by atoms with Gasteiger partial charge in [-0.25, -0.2) is 0 Å². The molecule has 0 saturated carbocycles. The van der Waals surface area contributed by atoms with Crippen molar-refractivity contribution in [3.63, 3.8) is 0 Å². The van der Waals surface area contributed by atoms with E-state index in [0.29, 0.717) is 36.8 Å². The second-order valence-electron chi connectivity index (χ2n) is 4.51. The van der Waals surface area contributed by atoms with Gasteiger partial charge in [-0.05, 0) is 59.8 Å². The molecule has 0 atom stereocenters. The van der Waals surface area contributed by atoms with Crippen LogP contribution in [-0.4, -0.2) is 25.7 Å². The number of amides is 1. The van der Waals surface area contributed by atoms with E-state index < -0.39 is 0 Å². The molecule has 0 spiro atoms. The third-order valence-corrected chi connectivity index (χ3v) is 3.58. The van der Waals surface area contributed by atoms with Gasteiger partial charge in [0.15, 0.2) is 0 Å². The molecular formula is C17H18INO3. The fourth-order valence-corrected chi connectivity index (χ4v) is 2.42. The van der Waals surface area contributed by atoms with E-state index in [1.165, 1.54) is 0 Å². The minimum atomic E-state index is -0.153. The third-order valence-electron chi connectivity index (χ3n) is 2.91. The highest BCUT2D eigenvalue weighted by molar-refractivity contribution is 14.1. The average Bonchev–Trinajstić information content (AvgIpc) is 2.53. The Kier molecular flexibility index (Phi) is 6.67. The van der Waals surface area contributed by atoms with Crippen LogP contribution in [0.15, 0.2) is 48.5 Å². The Morgan fingerprint density at radius 3 is 2.73 bits per heavy atom. The van der Waals surface area contributed by atoms with Crippen molar-refractivity contribution in [1.82, 2.24) is 0 Å². The molecule has 0 aliphatic rings. The first-order valence-electron chi connectivity index (χ1n) is 7.07. The molecule has 1 N–H and O–H groups in total. The van der Waals surface area contributed by atoms with E-state index in [-0.39, 0.29) is 5.91 Å². The number of halogens is 1. The fraction of sp³-hybridized carbons (Fsp3) is 0.235. The predicted octanol–water partition coefficient (Wildman–Crippen LogP) is 3.96. The second kappa shape index (κ2) is 8.75. The first-order valence-corrected chi connectivity index (χ1v) is 8.15. The Labute approximate surface area is 144 Å². The Balaban J connectivity index is 2.04. The Morgan fingerprint density at radius 2 is 1.95 bits per heavy atom. The number of benzene rings is 2. The topological polar surface area (TPSA) is 47.6 Å². The summed E-state index contributed by atoms with van der Waals surface area (Å²) >= 11 is 2.18. The maximum absolute atomic E-state index is 12.3. The van der Waals surface area contributed by atoms with Crippen molar-refractivity contribution in [2.24, 2.45) is 0 Å². The molecule has 2 aromatic carbocycles. The summed E-state index contributed by atoms with van der Waals surface area (Å²) in [6.07, 6.45) is 0. The van der Waals surface area contributed by atoms with Crippen molar-refractivity contribution in [2.45, 2.75) is 6.92 Å². The molecule has 0 saturated heterocycles. The smallest absolute Gasteiger partial charge is 0.255 e. The maximum Gasteiger partial charge on any atom is 0.255 e. The highest BCUT2D eigenvalue weighted by atomic mass is 127. The van der Waals surface area contributed by atoms with Crippen molar-refractivity contribution >= 4 is 34.2 Å². The molecule has 0 aliphatic heterocycles. The van der Waals surface area contributed by atoms with Gasteiger partial charge in [0.2, 0.25) is 0 Å². The molecule has 0 aromatic heterocycles. The highest BCUT2D eigenvalue weighted by Gasteiger charge is 2.10. The van der Waals surface area contributed by atoms with Gasteiger partial charge in [-0.2, -0.15) is 0 Å². The molecule has 5 heteroatoms. The van der Waals surface area contributed by atoms with Gasteiger partial charge < -0.3 is 14.8 Å². The molecule has 0 bridgehead atoms. The predicted molar refractivity (Wildman–Crippen MR) is 95.5 cm³/mol. The Morgan fingerprint density at radius 1 is 1.14 bits per heavy atom. The summed E-state index contributed by atoms with van der Waals surface area (Å²) in [5, 5.41) is 2.89. The zero-order valence-corrected chi connectivity index (χ0v) is 14.5. The number of carbonyl (C=O) groups excluding carboxylic acids is 1. The van der Waals surface area contributed by atoms with E-state index in [1.807, 2.05) is 49.4 Å². The Bertz CT molecular complexity index is 631. The molecule has 2 rings (SSSR count). The zero-order chi connectivity index (χ0) is 15.8. The van der Waals surface area contributed by atoms with Crippen LogP contribution in [0, 0.1) is 3.57 Å². The van der Waals surface area contributed by atoms with Crippen LogP contribution in [-0.2, 0) is 4.74 Å². The largest absolute Gasteiger partial charge is 0.489 e. The number of carbonyl (C=O) groups is 1. The number of anilines is 1. The summed E-state index contributed by atoms with van der Waals surface area (Å²) in [7, 11) is 0. The minimum Gasteiger partial charge on any atom is -0.489 e. The van der Waals surface area contributed by atoms with Crippen molar-refractivity contribution in [3.8, 4) is 5.75 Å². The van der Waals surface area contributed by atoms with Crippen LogP contribution in [0.4, 0.5) is 5.69 Å². The summed E-state index contributed by atoms with van der Waals surface area (Å²) in [4.78, 5) is 12.3. The van der Waals surface area contributed by atoms with Crippen molar-refractivity contribution in [1.29, 1.82) is 0 Å². The monoisotopic (exact) mass is 411 g/mol. The maximum atomic E-state index is 12.3. The molecule has 0 unspecified atom stereocenters. The lowest BCUT2D eigenvalue weighted by molar-refractivity contribution is 0.102. The highest BCUT2D eigenvalue weighted by Crippen LogP contribution is 2.24. The number of hydrogen-bond acceptors (Lipinski definition) is 3. The number of ether oxygens (including phenoxy) is 2. The average molecular weight is 411 g/mol. The van der Waals surface area contributed by atoms with Gasteiger partial charge in [-0.1, -0.05) is 18.2 Å². The molecule has 116 valence electrons. The van der Waals surface area contributed by atoms with Crippen LogP contribution in [0.5, 0.6) is 5.75 Å². The molecule has 22 heavy (non-hydrogen) atoms. The molecule has 1 amide bonds. The number of para-hydroxylation sites is 2. The van der Waals surface area contributed by atoms with E-state index in [0.717, 1.165) is 3.57 Å². The quantitative estimate of drug-likeness (QED) is 0.555. The van der Waals surface area contributed by atoms with E-state index >= 15 is 0 Å². The van der Waals surface area contributed by atoms with Gasteiger partial charge in [0.1, 0.15) is 12.4 Å². The summed E-state index contributed by atoms with van der Waals surface area (Å²) < 4.78 is 11.9. The molecule has 0 aliphatic carbocycles. The van der Waals surface area contributed by atoms with Gasteiger partial charge >= 0.3 is 0 Å². The summed E-state index contributed by atoms with van der Waals surface area (Å²) in [5.74, 6) is 0.487. The normalized spacial score (nSPS) is 10.3. The summed E-state index contributed by atoms with van der Waals surface area (Å²) in [6, 6.07) is 14.8. The van der Waals surface area contributed by atoms with Crippen molar-refractivity contribution < 1.29 is 14.3 Å². The lowest BCUT2D eigenvalue weighted by atomic mass is 10.2. The zero-order valence-electron chi connectivity index (χ0n) is 12.3. The van der Waals surface area contributed by atoms with Crippen LogP contribution >= 0.6 is 22.6 Å². The summed E-state index contributed by atoms with van der Waals surface area (Å²) in [5.41, 5.74) is 1.28. The van der Waals surface area contributed by atoms with E-state index in [9.17, 15) is 4.79 Å². The molecule has 0 fully saturated rings. The van der Waals surface area contributed by atoms with Gasteiger partial charge in [-0.15, -0.1) is 0 Å². The van der Waals surface area contributed by atoms with Crippen LogP contribution in [0.2, 0.25) is 0 Å². The molecular weight excluding hydrogens is 393 g/mol. The van der Waals surface area contributed by atoms with Crippen LogP contribution in [0.25, 0.3) is 0 Å². The SMILES string of the molecule is CCOCCOc1ccccc1NC(=O)c1cccc(I)c1. The van der Waals surface area contributed by atoms with Crippen LogP contribution in [0.3, 0.4) is 0 Å².